The summed E-state index contributed by atoms with van der Waals surface area (Å²) in [6.07, 6.45) is 1.09. The summed E-state index contributed by atoms with van der Waals surface area (Å²) in [5.74, 6) is 0.581. The molecule has 0 spiro atoms. The van der Waals surface area contributed by atoms with E-state index in [-0.39, 0.29) is 11.4 Å². The number of nitrogens with zero attached hydrogens (tertiary/aromatic N) is 3. The van der Waals surface area contributed by atoms with Crippen molar-refractivity contribution in [3.8, 4) is 0 Å². The van der Waals surface area contributed by atoms with Crippen LogP contribution in [0.4, 0.5) is 17.1 Å². The highest BCUT2D eigenvalue weighted by atomic mass is 35.5. The first-order valence-electron chi connectivity index (χ1n) is 6.51. The fourth-order valence-corrected chi connectivity index (χ4v) is 2.96. The Morgan fingerprint density at radius 2 is 2.25 bits per heavy atom. The van der Waals surface area contributed by atoms with Crippen LogP contribution in [-0.4, -0.2) is 43.6 Å². The van der Waals surface area contributed by atoms with Gasteiger partial charge in [-0.1, -0.05) is 11.6 Å². The lowest BCUT2D eigenvalue weighted by atomic mass is 10.1. The summed E-state index contributed by atoms with van der Waals surface area (Å²) in [5.41, 5.74) is 6.55. The highest BCUT2D eigenvalue weighted by Gasteiger charge is 2.26. The molecule has 7 heteroatoms. The first-order valence-corrected chi connectivity index (χ1v) is 6.89. The van der Waals surface area contributed by atoms with Crippen LogP contribution in [0.5, 0.6) is 0 Å². The van der Waals surface area contributed by atoms with Gasteiger partial charge in [-0.2, -0.15) is 0 Å². The van der Waals surface area contributed by atoms with Crippen LogP contribution in [0.15, 0.2) is 12.1 Å². The van der Waals surface area contributed by atoms with Crippen molar-refractivity contribution in [1.29, 1.82) is 0 Å². The SMILES string of the molecule is CN(C)CC1CCN(c2cc(N)c([N+](=O)[O-])cc2Cl)C1. The summed E-state index contributed by atoms with van der Waals surface area (Å²) in [5, 5.41) is 11.2. The quantitative estimate of drug-likeness (QED) is 0.524. The van der Waals surface area contributed by atoms with E-state index in [1.807, 2.05) is 0 Å². The molecule has 20 heavy (non-hydrogen) atoms. The average molecular weight is 299 g/mol. The van der Waals surface area contributed by atoms with E-state index in [9.17, 15) is 10.1 Å². The Bertz CT molecular complexity index is 521. The maximum Gasteiger partial charge on any atom is 0.293 e. The van der Waals surface area contributed by atoms with Crippen LogP contribution in [0.1, 0.15) is 6.42 Å². The Balaban J connectivity index is 2.18. The third-order valence-corrected chi connectivity index (χ3v) is 3.85. The summed E-state index contributed by atoms with van der Waals surface area (Å²) in [4.78, 5) is 14.6. The second kappa shape index (κ2) is 5.85. The van der Waals surface area contributed by atoms with Crippen LogP contribution in [0.2, 0.25) is 5.02 Å². The highest BCUT2D eigenvalue weighted by molar-refractivity contribution is 6.33. The van der Waals surface area contributed by atoms with Gasteiger partial charge in [0.25, 0.3) is 5.69 Å². The minimum atomic E-state index is -0.510. The van der Waals surface area contributed by atoms with Gasteiger partial charge < -0.3 is 15.5 Å². The largest absolute Gasteiger partial charge is 0.393 e. The van der Waals surface area contributed by atoms with Crippen LogP contribution in [0.25, 0.3) is 0 Å². The molecule has 0 bridgehead atoms. The molecule has 0 saturated carbocycles. The van der Waals surface area contributed by atoms with Gasteiger partial charge in [0.05, 0.1) is 15.6 Å². The van der Waals surface area contributed by atoms with Gasteiger partial charge in [0, 0.05) is 25.7 Å². The van der Waals surface area contributed by atoms with Crippen molar-refractivity contribution in [3.63, 3.8) is 0 Å². The number of nitro benzene ring substituents is 1. The molecule has 2 rings (SSSR count). The Morgan fingerprint density at radius 1 is 1.55 bits per heavy atom. The lowest BCUT2D eigenvalue weighted by Crippen LogP contribution is -2.25. The maximum atomic E-state index is 10.8. The fraction of sp³-hybridized carbons (Fsp3) is 0.538. The molecule has 110 valence electrons. The van der Waals surface area contributed by atoms with E-state index in [1.165, 1.54) is 6.07 Å². The molecule has 0 amide bonds. The van der Waals surface area contributed by atoms with Crippen molar-refractivity contribution >= 4 is 28.7 Å². The van der Waals surface area contributed by atoms with Crippen molar-refractivity contribution in [3.05, 3.63) is 27.3 Å². The van der Waals surface area contributed by atoms with E-state index in [2.05, 4.69) is 23.9 Å². The zero-order valence-corrected chi connectivity index (χ0v) is 12.4. The van der Waals surface area contributed by atoms with Crippen LogP contribution in [0.3, 0.4) is 0 Å². The number of benzene rings is 1. The van der Waals surface area contributed by atoms with E-state index in [0.717, 1.165) is 31.7 Å². The zero-order valence-electron chi connectivity index (χ0n) is 11.7. The molecule has 1 saturated heterocycles. The van der Waals surface area contributed by atoms with Gasteiger partial charge in [-0.15, -0.1) is 0 Å². The molecular formula is C13H19ClN4O2. The van der Waals surface area contributed by atoms with Crippen LogP contribution in [-0.2, 0) is 0 Å². The van der Waals surface area contributed by atoms with Gasteiger partial charge in [-0.25, -0.2) is 0 Å². The van der Waals surface area contributed by atoms with Crippen molar-refractivity contribution in [2.45, 2.75) is 6.42 Å². The minimum absolute atomic E-state index is 0.136. The number of hydrogen-bond acceptors (Lipinski definition) is 5. The molecule has 2 N–H and O–H groups in total. The lowest BCUT2D eigenvalue weighted by molar-refractivity contribution is -0.383. The number of nitrogen functional groups attached to an aromatic ring is 1. The van der Waals surface area contributed by atoms with Crippen LogP contribution < -0.4 is 10.6 Å². The Kier molecular flexibility index (Phi) is 4.35. The van der Waals surface area contributed by atoms with Gasteiger partial charge in [0.2, 0.25) is 0 Å². The van der Waals surface area contributed by atoms with E-state index >= 15 is 0 Å². The minimum Gasteiger partial charge on any atom is -0.393 e. The third-order valence-electron chi connectivity index (χ3n) is 3.54. The molecule has 1 heterocycles. The normalized spacial score (nSPS) is 18.8. The molecule has 0 aromatic heterocycles. The zero-order chi connectivity index (χ0) is 14.9. The summed E-state index contributed by atoms with van der Waals surface area (Å²) >= 11 is 6.17. The number of anilines is 2. The van der Waals surface area contributed by atoms with Crippen LogP contribution in [0, 0.1) is 16.0 Å². The lowest BCUT2D eigenvalue weighted by Gasteiger charge is -2.21. The predicted molar refractivity (Wildman–Crippen MR) is 81.4 cm³/mol. The van der Waals surface area contributed by atoms with Crippen molar-refractivity contribution in [2.75, 3.05) is 44.4 Å². The Morgan fingerprint density at radius 3 is 2.85 bits per heavy atom. The van der Waals surface area contributed by atoms with E-state index in [0.29, 0.717) is 10.9 Å². The van der Waals surface area contributed by atoms with E-state index < -0.39 is 4.92 Å². The number of nitrogens with two attached hydrogens (primary N) is 1. The number of rotatable bonds is 4. The molecule has 1 aliphatic heterocycles. The van der Waals surface area contributed by atoms with Crippen LogP contribution >= 0.6 is 11.6 Å². The van der Waals surface area contributed by atoms with Gasteiger partial charge in [-0.3, -0.25) is 10.1 Å². The van der Waals surface area contributed by atoms with Gasteiger partial charge in [0.15, 0.2) is 0 Å². The summed E-state index contributed by atoms with van der Waals surface area (Å²) in [6.45, 7) is 2.82. The van der Waals surface area contributed by atoms with Gasteiger partial charge in [0.1, 0.15) is 5.69 Å². The Hall–Kier alpha value is -1.53. The number of halogens is 1. The van der Waals surface area contributed by atoms with Crippen molar-refractivity contribution in [2.24, 2.45) is 5.92 Å². The second-order valence-electron chi connectivity index (χ2n) is 5.48. The predicted octanol–water partition coefficient (Wildman–Crippen LogP) is 2.22. The standard InChI is InChI=1S/C13H19ClN4O2/c1-16(2)7-9-3-4-17(8-9)12-6-11(15)13(18(19)20)5-10(12)14/h5-6,9H,3-4,7-8,15H2,1-2H3. The number of nitro groups is 1. The molecule has 0 aliphatic carbocycles. The first kappa shape index (κ1) is 14.9. The summed E-state index contributed by atoms with van der Waals surface area (Å²) < 4.78 is 0. The summed E-state index contributed by atoms with van der Waals surface area (Å²) in [6, 6.07) is 2.95. The molecule has 1 fully saturated rings. The van der Waals surface area contributed by atoms with E-state index in [4.69, 9.17) is 17.3 Å². The first-order chi connectivity index (χ1) is 9.38. The molecule has 1 unspecified atom stereocenters. The highest BCUT2D eigenvalue weighted by Crippen LogP contribution is 2.36. The topological polar surface area (TPSA) is 75.6 Å². The van der Waals surface area contributed by atoms with Crippen molar-refractivity contribution < 1.29 is 4.92 Å². The molecule has 1 aromatic rings. The smallest absolute Gasteiger partial charge is 0.293 e. The maximum absolute atomic E-state index is 10.8. The molecule has 6 nitrogen and oxygen atoms in total. The Labute approximate surface area is 123 Å². The number of hydrogen-bond donors (Lipinski definition) is 1. The average Bonchev–Trinajstić information content (AvgIpc) is 2.78. The van der Waals surface area contributed by atoms with Crippen molar-refractivity contribution in [1.82, 2.24) is 4.90 Å². The second-order valence-corrected chi connectivity index (χ2v) is 5.89. The molecule has 1 atom stereocenters. The van der Waals surface area contributed by atoms with E-state index in [1.54, 1.807) is 6.07 Å². The summed E-state index contributed by atoms with van der Waals surface area (Å²) in [7, 11) is 4.11. The molecule has 1 aromatic carbocycles. The van der Waals surface area contributed by atoms with Gasteiger partial charge >= 0.3 is 0 Å². The molecular weight excluding hydrogens is 280 g/mol. The molecule has 0 radical (unpaired) electrons. The molecule has 1 aliphatic rings. The monoisotopic (exact) mass is 298 g/mol. The van der Waals surface area contributed by atoms with Gasteiger partial charge in [-0.05, 0) is 32.5 Å². The fourth-order valence-electron chi connectivity index (χ4n) is 2.68. The third kappa shape index (κ3) is 3.13.